The molecule has 106 valence electrons. The smallest absolute Gasteiger partial charge is 0.255 e. The van der Waals surface area contributed by atoms with Gasteiger partial charge < -0.3 is 4.90 Å². The predicted octanol–water partition coefficient (Wildman–Crippen LogP) is 3.14. The molecule has 21 heavy (non-hydrogen) atoms. The number of hydrogen-bond donors (Lipinski definition) is 0. The molecule has 1 heterocycles. The maximum absolute atomic E-state index is 12.9. The van der Waals surface area contributed by atoms with Gasteiger partial charge in [0.05, 0.1) is 11.6 Å². The maximum Gasteiger partial charge on any atom is 0.255 e. The van der Waals surface area contributed by atoms with Gasteiger partial charge in [-0.25, -0.2) is 0 Å². The quantitative estimate of drug-likeness (QED) is 0.811. The summed E-state index contributed by atoms with van der Waals surface area (Å²) >= 11 is 0. The number of rotatable bonds is 3. The Morgan fingerprint density at radius 3 is 2.86 bits per heavy atom. The number of aromatic nitrogens is 1. The highest BCUT2D eigenvalue weighted by molar-refractivity contribution is 6.06. The highest BCUT2D eigenvalue weighted by Gasteiger charge is 2.28. The third-order valence-electron chi connectivity index (χ3n) is 4.14. The monoisotopic (exact) mass is 279 g/mol. The summed E-state index contributed by atoms with van der Waals surface area (Å²) in [7, 11) is 0. The molecule has 4 heteroatoms. The topological polar surface area (TPSA) is 57.0 Å². The van der Waals surface area contributed by atoms with Crippen molar-refractivity contribution in [1.82, 2.24) is 9.88 Å². The van der Waals surface area contributed by atoms with Gasteiger partial charge in [0.25, 0.3) is 5.91 Å². The number of nitrogens with zero attached hydrogens (tertiary/aromatic N) is 3. The predicted molar refractivity (Wildman–Crippen MR) is 80.6 cm³/mol. The van der Waals surface area contributed by atoms with Gasteiger partial charge in [-0.2, -0.15) is 5.26 Å². The van der Waals surface area contributed by atoms with E-state index in [1.807, 2.05) is 30.3 Å². The molecule has 0 radical (unpaired) electrons. The van der Waals surface area contributed by atoms with E-state index in [2.05, 4.69) is 11.1 Å². The molecule has 1 saturated carbocycles. The fourth-order valence-corrected chi connectivity index (χ4v) is 3.10. The number of amides is 1. The summed E-state index contributed by atoms with van der Waals surface area (Å²) in [6.07, 6.45) is 5.99. The molecule has 0 atom stereocenters. The van der Waals surface area contributed by atoms with E-state index in [1.165, 1.54) is 0 Å². The van der Waals surface area contributed by atoms with Crippen LogP contribution in [0.3, 0.4) is 0 Å². The molecule has 2 aromatic rings. The summed E-state index contributed by atoms with van der Waals surface area (Å²) in [6, 6.07) is 11.7. The Hall–Kier alpha value is -2.41. The maximum atomic E-state index is 12.9. The summed E-state index contributed by atoms with van der Waals surface area (Å²) < 4.78 is 0. The fourth-order valence-electron chi connectivity index (χ4n) is 3.10. The normalized spacial score (nSPS) is 15.0. The van der Waals surface area contributed by atoms with Crippen LogP contribution >= 0.6 is 0 Å². The van der Waals surface area contributed by atoms with Gasteiger partial charge >= 0.3 is 0 Å². The van der Waals surface area contributed by atoms with E-state index in [9.17, 15) is 4.79 Å². The third-order valence-corrected chi connectivity index (χ3v) is 4.14. The zero-order valence-corrected chi connectivity index (χ0v) is 11.8. The van der Waals surface area contributed by atoms with Gasteiger partial charge in [-0.3, -0.25) is 9.78 Å². The zero-order chi connectivity index (χ0) is 14.7. The Bertz CT molecular complexity index is 693. The fraction of sp³-hybridized carbons (Fsp3) is 0.353. The summed E-state index contributed by atoms with van der Waals surface area (Å²) in [4.78, 5) is 18.9. The average molecular weight is 279 g/mol. The van der Waals surface area contributed by atoms with Crippen molar-refractivity contribution < 1.29 is 4.79 Å². The van der Waals surface area contributed by atoms with Crippen LogP contribution in [0.1, 0.15) is 36.0 Å². The summed E-state index contributed by atoms with van der Waals surface area (Å²) in [5.74, 6) is -0.0537. The van der Waals surface area contributed by atoms with Gasteiger partial charge in [0.1, 0.15) is 6.54 Å². The number of carbonyl (C=O) groups is 1. The molecule has 0 saturated heterocycles. The summed E-state index contributed by atoms with van der Waals surface area (Å²) in [5.41, 5.74) is 1.45. The second kappa shape index (κ2) is 5.92. The molecular weight excluding hydrogens is 262 g/mol. The van der Waals surface area contributed by atoms with Crippen molar-refractivity contribution in [3.05, 3.63) is 42.1 Å². The van der Waals surface area contributed by atoms with E-state index in [1.54, 1.807) is 11.1 Å². The van der Waals surface area contributed by atoms with E-state index >= 15 is 0 Å². The molecular formula is C17H17N3O. The molecule has 1 amide bonds. The number of nitriles is 1. The minimum Gasteiger partial charge on any atom is -0.322 e. The van der Waals surface area contributed by atoms with Crippen LogP contribution in [0.2, 0.25) is 0 Å². The Morgan fingerprint density at radius 1 is 1.29 bits per heavy atom. The van der Waals surface area contributed by atoms with E-state index in [0.717, 1.165) is 36.6 Å². The molecule has 1 aromatic heterocycles. The SMILES string of the molecule is N#CCN(C(=O)c1cccc2ncccc12)C1CCCC1. The van der Waals surface area contributed by atoms with Gasteiger partial charge in [-0.15, -0.1) is 0 Å². The van der Waals surface area contributed by atoms with Crippen molar-refractivity contribution >= 4 is 16.8 Å². The molecule has 1 aliphatic carbocycles. The van der Waals surface area contributed by atoms with Gasteiger partial charge in [0.15, 0.2) is 0 Å². The van der Waals surface area contributed by atoms with Crippen molar-refractivity contribution in [2.75, 3.05) is 6.54 Å². The Morgan fingerprint density at radius 2 is 2.10 bits per heavy atom. The highest BCUT2D eigenvalue weighted by atomic mass is 16.2. The van der Waals surface area contributed by atoms with Crippen LogP contribution < -0.4 is 0 Å². The van der Waals surface area contributed by atoms with Crippen molar-refractivity contribution in [3.63, 3.8) is 0 Å². The molecule has 0 bridgehead atoms. The zero-order valence-electron chi connectivity index (χ0n) is 11.8. The van der Waals surface area contributed by atoms with E-state index in [-0.39, 0.29) is 18.5 Å². The van der Waals surface area contributed by atoms with Gasteiger partial charge in [0, 0.05) is 23.2 Å². The van der Waals surface area contributed by atoms with Crippen LogP contribution in [0.15, 0.2) is 36.5 Å². The van der Waals surface area contributed by atoms with Crippen molar-refractivity contribution in [2.45, 2.75) is 31.7 Å². The molecule has 1 fully saturated rings. The van der Waals surface area contributed by atoms with Crippen LogP contribution in [0.5, 0.6) is 0 Å². The van der Waals surface area contributed by atoms with Crippen LogP contribution in [0, 0.1) is 11.3 Å². The molecule has 0 aliphatic heterocycles. The highest BCUT2D eigenvalue weighted by Crippen LogP contribution is 2.26. The number of pyridine rings is 1. The first-order valence-corrected chi connectivity index (χ1v) is 7.33. The van der Waals surface area contributed by atoms with E-state index < -0.39 is 0 Å². The number of hydrogen-bond acceptors (Lipinski definition) is 3. The largest absolute Gasteiger partial charge is 0.322 e. The summed E-state index contributed by atoms with van der Waals surface area (Å²) in [6.45, 7) is 0.153. The summed E-state index contributed by atoms with van der Waals surface area (Å²) in [5, 5.41) is 9.90. The lowest BCUT2D eigenvalue weighted by atomic mass is 10.1. The number of carbonyl (C=O) groups excluding carboxylic acids is 1. The van der Waals surface area contributed by atoms with Crippen molar-refractivity contribution in [2.24, 2.45) is 0 Å². The van der Waals surface area contributed by atoms with E-state index in [4.69, 9.17) is 5.26 Å². The first-order valence-electron chi connectivity index (χ1n) is 7.33. The van der Waals surface area contributed by atoms with Crippen LogP contribution in [0.25, 0.3) is 10.9 Å². The molecule has 0 spiro atoms. The Balaban J connectivity index is 1.99. The Kier molecular flexibility index (Phi) is 3.83. The lowest BCUT2D eigenvalue weighted by molar-refractivity contribution is 0.0711. The minimum absolute atomic E-state index is 0.0537. The number of benzene rings is 1. The van der Waals surface area contributed by atoms with Crippen LogP contribution in [-0.4, -0.2) is 28.4 Å². The van der Waals surface area contributed by atoms with Crippen molar-refractivity contribution in [1.29, 1.82) is 5.26 Å². The molecule has 4 nitrogen and oxygen atoms in total. The lowest BCUT2D eigenvalue weighted by Gasteiger charge is -2.27. The first kappa shape index (κ1) is 13.6. The lowest BCUT2D eigenvalue weighted by Crippen LogP contribution is -2.39. The average Bonchev–Trinajstić information content (AvgIpc) is 3.05. The van der Waals surface area contributed by atoms with E-state index in [0.29, 0.717) is 5.56 Å². The van der Waals surface area contributed by atoms with Crippen molar-refractivity contribution in [3.8, 4) is 6.07 Å². The van der Waals surface area contributed by atoms with Gasteiger partial charge in [-0.05, 0) is 31.0 Å². The first-order chi connectivity index (χ1) is 10.3. The van der Waals surface area contributed by atoms with Crippen LogP contribution in [0.4, 0.5) is 0 Å². The van der Waals surface area contributed by atoms with Crippen LogP contribution in [-0.2, 0) is 0 Å². The molecule has 0 N–H and O–H groups in total. The van der Waals surface area contributed by atoms with Gasteiger partial charge in [0.2, 0.25) is 0 Å². The molecule has 3 rings (SSSR count). The number of fused-ring (bicyclic) bond motifs is 1. The Labute approximate surface area is 124 Å². The molecule has 1 aromatic carbocycles. The van der Waals surface area contributed by atoms with Gasteiger partial charge in [-0.1, -0.05) is 25.0 Å². The second-order valence-electron chi connectivity index (χ2n) is 5.41. The standard InChI is InChI=1S/C17H17N3O/c18-10-12-20(13-5-1-2-6-13)17(21)15-7-3-9-16-14(15)8-4-11-19-16/h3-4,7-9,11,13H,1-2,5-6,12H2. The molecule has 1 aliphatic rings. The third kappa shape index (κ3) is 2.59. The molecule has 0 unspecified atom stereocenters. The second-order valence-corrected chi connectivity index (χ2v) is 5.41. The minimum atomic E-state index is -0.0537.